The molecule has 2 saturated heterocycles. The molecule has 0 aromatic carbocycles. The number of hydrogen-bond acceptors (Lipinski definition) is 11. The van der Waals surface area contributed by atoms with Crippen molar-refractivity contribution in [1.29, 1.82) is 0 Å². The van der Waals surface area contributed by atoms with Crippen molar-refractivity contribution in [1.82, 2.24) is 0 Å². The zero-order valence-corrected chi connectivity index (χ0v) is 22.2. The van der Waals surface area contributed by atoms with Crippen LogP contribution in [0.25, 0.3) is 0 Å². The quantitative estimate of drug-likeness (QED) is 0.325. The SMILES string of the molecule is COC(=O)[C@@]12OC[C@]34C([C@@H](O)C1O)[C@@]1(C)CC(=O)C(O)=C(C)C1C[C@H]3OC(=O)[C@H](OC(=O)CC(C)C(F)(F)F)[C@H]42. The zero-order valence-electron chi connectivity index (χ0n) is 22.2. The van der Waals surface area contributed by atoms with Crippen LogP contribution in [0.3, 0.4) is 0 Å². The van der Waals surface area contributed by atoms with Gasteiger partial charge in [0, 0.05) is 17.8 Å². The normalized spacial score (nSPS) is 44.8. The van der Waals surface area contributed by atoms with Crippen LogP contribution in [-0.2, 0) is 38.1 Å². The van der Waals surface area contributed by atoms with Crippen LogP contribution in [0.2, 0.25) is 0 Å². The van der Waals surface area contributed by atoms with E-state index in [2.05, 4.69) is 0 Å². The minimum atomic E-state index is -4.72. The fourth-order valence-electron chi connectivity index (χ4n) is 8.41. The van der Waals surface area contributed by atoms with Crippen LogP contribution in [-0.4, -0.2) is 88.9 Å². The second-order valence-corrected chi connectivity index (χ2v) is 12.0. The van der Waals surface area contributed by atoms with E-state index in [1.54, 1.807) is 6.92 Å². The molecule has 222 valence electrons. The third-order valence-electron chi connectivity index (χ3n) is 10.1. The molecule has 3 N–H and O–H groups in total. The van der Waals surface area contributed by atoms with Crippen LogP contribution in [0, 0.1) is 34.5 Å². The monoisotopic (exact) mass is 576 g/mol. The fourth-order valence-corrected chi connectivity index (χ4v) is 8.41. The Kier molecular flexibility index (Phi) is 6.40. The summed E-state index contributed by atoms with van der Waals surface area (Å²) >= 11 is 0. The molecular weight excluding hydrogens is 545 g/mol. The molecule has 1 spiro atoms. The number of methoxy groups -OCH3 is 1. The van der Waals surface area contributed by atoms with Gasteiger partial charge in [-0.05, 0) is 30.3 Å². The largest absolute Gasteiger partial charge is 0.504 e. The third kappa shape index (κ3) is 3.47. The van der Waals surface area contributed by atoms with E-state index in [0.29, 0.717) is 5.57 Å². The Morgan fingerprint density at radius 2 is 1.85 bits per heavy atom. The molecule has 2 bridgehead atoms. The number of aliphatic hydroxyl groups is 3. The molecule has 3 aliphatic carbocycles. The number of aliphatic hydroxyl groups excluding tert-OH is 3. The van der Waals surface area contributed by atoms with Crippen molar-refractivity contribution in [2.24, 2.45) is 34.5 Å². The van der Waals surface area contributed by atoms with Gasteiger partial charge in [-0.2, -0.15) is 13.2 Å². The number of carbonyl (C=O) groups is 4. The molecule has 11 atom stereocenters. The second-order valence-electron chi connectivity index (χ2n) is 12.0. The molecule has 5 aliphatic rings. The maximum Gasteiger partial charge on any atom is 0.392 e. The number of hydrogen-bond donors (Lipinski definition) is 3. The first-order valence-corrected chi connectivity index (χ1v) is 13.0. The first kappa shape index (κ1) is 28.8. The Morgan fingerprint density at radius 1 is 1.20 bits per heavy atom. The van der Waals surface area contributed by atoms with Gasteiger partial charge in [0.2, 0.25) is 11.7 Å². The highest BCUT2D eigenvalue weighted by atomic mass is 19.4. The average Bonchev–Trinajstić information content (AvgIpc) is 3.17. The first-order chi connectivity index (χ1) is 18.5. The van der Waals surface area contributed by atoms with E-state index in [-0.39, 0.29) is 19.4 Å². The van der Waals surface area contributed by atoms with Crippen molar-refractivity contribution in [3.8, 4) is 0 Å². The van der Waals surface area contributed by atoms with Crippen molar-refractivity contribution < 1.29 is 66.6 Å². The molecule has 14 heteroatoms. The van der Waals surface area contributed by atoms with Crippen LogP contribution >= 0.6 is 0 Å². The molecule has 2 aliphatic heterocycles. The molecule has 40 heavy (non-hydrogen) atoms. The minimum absolute atomic E-state index is 0.0353. The van der Waals surface area contributed by atoms with Crippen molar-refractivity contribution >= 4 is 23.7 Å². The van der Waals surface area contributed by atoms with Crippen LogP contribution in [0.5, 0.6) is 0 Å². The molecule has 4 fully saturated rings. The highest BCUT2D eigenvalue weighted by molar-refractivity contribution is 5.95. The number of Topliss-reactive ketones (excluding diaryl/α,β-unsaturated/α-hetero) is 1. The molecule has 11 nitrogen and oxygen atoms in total. The predicted molar refractivity (Wildman–Crippen MR) is 123 cm³/mol. The number of ketones is 1. The first-order valence-electron chi connectivity index (χ1n) is 13.0. The van der Waals surface area contributed by atoms with Gasteiger partial charge in [0.15, 0.2) is 11.5 Å². The molecule has 2 heterocycles. The Bertz CT molecular complexity index is 1200. The summed E-state index contributed by atoms with van der Waals surface area (Å²) in [5, 5.41) is 33.5. The lowest BCUT2D eigenvalue weighted by Gasteiger charge is -2.67. The van der Waals surface area contributed by atoms with Gasteiger partial charge in [-0.1, -0.05) is 13.8 Å². The molecule has 5 rings (SSSR count). The molecule has 0 aromatic rings. The average molecular weight is 577 g/mol. The number of carbonyl (C=O) groups excluding carboxylic acids is 4. The molecule has 2 saturated carbocycles. The summed E-state index contributed by atoms with van der Waals surface area (Å²) in [6.45, 7) is 3.60. The lowest BCUT2D eigenvalue weighted by atomic mass is 9.38. The van der Waals surface area contributed by atoms with E-state index < -0.39 is 107 Å². The lowest BCUT2D eigenvalue weighted by Crippen LogP contribution is -2.79. The van der Waals surface area contributed by atoms with E-state index in [1.807, 2.05) is 0 Å². The van der Waals surface area contributed by atoms with Crippen LogP contribution in [0.1, 0.15) is 40.0 Å². The number of esters is 3. The smallest absolute Gasteiger partial charge is 0.392 e. The van der Waals surface area contributed by atoms with Crippen molar-refractivity contribution in [3.63, 3.8) is 0 Å². The topological polar surface area (TPSA) is 166 Å². The molecular formula is C26H31F3O11. The van der Waals surface area contributed by atoms with Gasteiger partial charge in [-0.15, -0.1) is 0 Å². The van der Waals surface area contributed by atoms with Crippen molar-refractivity contribution in [3.05, 3.63) is 11.3 Å². The summed E-state index contributed by atoms with van der Waals surface area (Å²) in [6, 6.07) is 0. The summed E-state index contributed by atoms with van der Waals surface area (Å²) in [4.78, 5) is 52.2. The molecule has 0 radical (unpaired) electrons. The Morgan fingerprint density at radius 3 is 2.45 bits per heavy atom. The van der Waals surface area contributed by atoms with E-state index in [1.165, 1.54) is 6.92 Å². The number of alkyl halides is 3. The fraction of sp³-hybridized carbons (Fsp3) is 0.769. The number of halogens is 3. The van der Waals surface area contributed by atoms with Gasteiger partial charge in [-0.25, -0.2) is 9.59 Å². The number of ether oxygens (including phenoxy) is 4. The van der Waals surface area contributed by atoms with Gasteiger partial charge in [-0.3, -0.25) is 9.59 Å². The van der Waals surface area contributed by atoms with Gasteiger partial charge in [0.05, 0.1) is 38.1 Å². The van der Waals surface area contributed by atoms with Gasteiger partial charge in [0.1, 0.15) is 12.2 Å². The highest BCUT2D eigenvalue weighted by Gasteiger charge is 2.85. The number of allylic oxidation sites excluding steroid dienone is 2. The van der Waals surface area contributed by atoms with E-state index in [4.69, 9.17) is 18.9 Å². The Hall–Kier alpha value is -2.71. The number of fused-ring (bicyclic) bond motifs is 2. The van der Waals surface area contributed by atoms with Crippen molar-refractivity contribution in [2.45, 2.75) is 76.2 Å². The van der Waals surface area contributed by atoms with Gasteiger partial charge in [0.25, 0.3) is 0 Å². The summed E-state index contributed by atoms with van der Waals surface area (Å²) in [6.07, 6.45) is -12.9. The van der Waals surface area contributed by atoms with Crippen molar-refractivity contribution in [2.75, 3.05) is 13.7 Å². The highest BCUT2D eigenvalue weighted by Crippen LogP contribution is 2.72. The molecule has 4 unspecified atom stereocenters. The molecule has 0 amide bonds. The standard InChI is InChI=1S/C26H31F3O11/c1-9(26(27,28)29)5-14(31)40-17-19-24-8-38-25(19,22(36)37-4)20(34)16(33)18(24)23(3)7-12(30)15(32)10(2)11(23)6-13(24)39-21(17)35/h9,11,13,16-20,32-34H,5-8H2,1-4H3/t9?,11?,13-,16-,17-,18?,19-,20?,23+,24-,25+/m1/s1. The van der Waals surface area contributed by atoms with E-state index in [0.717, 1.165) is 14.0 Å². The summed E-state index contributed by atoms with van der Waals surface area (Å²) in [5.41, 5.74) is -4.79. The van der Waals surface area contributed by atoms with Crippen LogP contribution < -0.4 is 0 Å². The lowest BCUT2D eigenvalue weighted by molar-refractivity contribution is -0.290. The maximum atomic E-state index is 13.4. The Balaban J connectivity index is 1.66. The summed E-state index contributed by atoms with van der Waals surface area (Å²) < 4.78 is 61.3. The third-order valence-corrected chi connectivity index (χ3v) is 10.1. The zero-order chi connectivity index (χ0) is 29.7. The van der Waals surface area contributed by atoms with Crippen LogP contribution in [0.15, 0.2) is 11.3 Å². The van der Waals surface area contributed by atoms with E-state index in [9.17, 15) is 47.7 Å². The minimum Gasteiger partial charge on any atom is -0.504 e. The van der Waals surface area contributed by atoms with E-state index >= 15 is 0 Å². The second kappa shape index (κ2) is 8.89. The number of rotatable bonds is 4. The summed E-state index contributed by atoms with van der Waals surface area (Å²) in [7, 11) is 0.982. The van der Waals surface area contributed by atoms with Gasteiger partial charge >= 0.3 is 24.1 Å². The maximum absolute atomic E-state index is 13.4. The predicted octanol–water partition coefficient (Wildman–Crippen LogP) is 1.14. The van der Waals surface area contributed by atoms with Crippen LogP contribution in [0.4, 0.5) is 13.2 Å². The Labute approximate surface area is 226 Å². The molecule has 0 aromatic heterocycles. The van der Waals surface area contributed by atoms with Gasteiger partial charge < -0.3 is 34.3 Å². The summed E-state index contributed by atoms with van der Waals surface area (Å²) in [5.74, 6) is -10.1.